The van der Waals surface area contributed by atoms with Crippen LogP contribution >= 0.6 is 0 Å². The Morgan fingerprint density at radius 1 is 1.88 bits per heavy atom. The van der Waals surface area contributed by atoms with E-state index in [-0.39, 0.29) is 5.75 Å². The molecule has 0 aliphatic carbocycles. The van der Waals surface area contributed by atoms with Crippen LogP contribution in [-0.2, 0) is 14.8 Å². The van der Waals surface area contributed by atoms with Crippen LogP contribution in [0.5, 0.6) is 0 Å². The van der Waals surface area contributed by atoms with Crippen LogP contribution in [0.15, 0.2) is 0 Å². The molecule has 1 atom stereocenters. The summed E-state index contributed by atoms with van der Waals surface area (Å²) in [6.07, 6.45) is 0. The highest BCUT2D eigenvalue weighted by molar-refractivity contribution is 7.90. The molecule has 4 nitrogen and oxygen atoms in total. The zero-order valence-corrected chi connectivity index (χ0v) is 5.75. The lowest BCUT2D eigenvalue weighted by Crippen LogP contribution is -2.22. The first-order valence-corrected chi connectivity index (χ1v) is 3.91. The predicted octanol–water partition coefficient (Wildman–Crippen LogP) is 0.119. The molecule has 2 N–H and O–H groups in total. The van der Waals surface area contributed by atoms with Crippen LogP contribution < -0.4 is 4.89 Å². The number of hydrogen-bond acceptors (Lipinski definition) is 3. The van der Waals surface area contributed by atoms with E-state index < -0.39 is 9.92 Å². The van der Waals surface area contributed by atoms with E-state index in [0.29, 0.717) is 0 Å². The first kappa shape index (κ1) is 7.87. The summed E-state index contributed by atoms with van der Waals surface area (Å²) in [6.45, 7) is 1.65. The summed E-state index contributed by atoms with van der Waals surface area (Å²) < 4.78 is 17.5. The van der Waals surface area contributed by atoms with E-state index in [2.05, 4.69) is 9.72 Å². The maximum Gasteiger partial charge on any atom is 0.127 e. The number of rotatable bonds is 3. The van der Waals surface area contributed by atoms with Crippen LogP contribution in [0, 0.1) is 4.78 Å². The van der Waals surface area contributed by atoms with E-state index in [1.807, 2.05) is 0 Å². The SMILES string of the molecule is CCS(=N)(=O)NOC. The van der Waals surface area contributed by atoms with Gasteiger partial charge in [-0.15, -0.1) is 4.89 Å². The van der Waals surface area contributed by atoms with Gasteiger partial charge >= 0.3 is 0 Å². The average molecular weight is 138 g/mol. The van der Waals surface area contributed by atoms with Crippen molar-refractivity contribution in [2.45, 2.75) is 6.92 Å². The Labute approximate surface area is 49.3 Å². The largest absolute Gasteiger partial charge is 0.292 e. The summed E-state index contributed by atoms with van der Waals surface area (Å²) in [6, 6.07) is 0. The lowest BCUT2D eigenvalue weighted by Gasteiger charge is -2.01. The molecule has 0 aliphatic rings. The van der Waals surface area contributed by atoms with Gasteiger partial charge in [-0.2, -0.15) is 0 Å². The lowest BCUT2D eigenvalue weighted by molar-refractivity contribution is 0.157. The van der Waals surface area contributed by atoms with E-state index in [4.69, 9.17) is 4.78 Å². The van der Waals surface area contributed by atoms with E-state index in [0.717, 1.165) is 0 Å². The van der Waals surface area contributed by atoms with Gasteiger partial charge in [-0.1, -0.05) is 6.92 Å². The van der Waals surface area contributed by atoms with E-state index in [9.17, 15) is 4.21 Å². The van der Waals surface area contributed by atoms with E-state index >= 15 is 0 Å². The zero-order chi connectivity index (χ0) is 6.62. The van der Waals surface area contributed by atoms with Gasteiger partial charge in [0.15, 0.2) is 0 Å². The minimum absolute atomic E-state index is 0.265. The molecule has 0 fully saturated rings. The molecule has 0 aromatic heterocycles. The minimum atomic E-state index is -2.64. The van der Waals surface area contributed by atoms with Gasteiger partial charge in [0.25, 0.3) is 0 Å². The van der Waals surface area contributed by atoms with E-state index in [1.54, 1.807) is 6.92 Å². The fourth-order valence-corrected chi connectivity index (χ4v) is 0.581. The Bertz CT molecular complexity index is 139. The second-order valence-corrected chi connectivity index (χ2v) is 3.35. The first-order valence-electron chi connectivity index (χ1n) is 2.18. The van der Waals surface area contributed by atoms with Crippen molar-refractivity contribution in [3.05, 3.63) is 0 Å². The average Bonchev–Trinajstić information content (AvgIpc) is 1.67. The third kappa shape index (κ3) is 2.95. The normalized spacial score (nSPS) is 17.8. The molecular weight excluding hydrogens is 128 g/mol. The lowest BCUT2D eigenvalue weighted by atomic mass is 11.0. The highest BCUT2D eigenvalue weighted by atomic mass is 32.2. The summed E-state index contributed by atoms with van der Waals surface area (Å²) in [4.78, 5) is 6.35. The van der Waals surface area contributed by atoms with Crippen LogP contribution in [0.1, 0.15) is 6.92 Å². The molecule has 0 radical (unpaired) electrons. The summed E-state index contributed by atoms with van der Waals surface area (Å²) in [5.74, 6) is 0.265. The van der Waals surface area contributed by atoms with Crippen molar-refractivity contribution in [3.63, 3.8) is 0 Å². The monoisotopic (exact) mass is 138 g/mol. The van der Waals surface area contributed by atoms with Gasteiger partial charge in [0.2, 0.25) is 0 Å². The van der Waals surface area contributed by atoms with Gasteiger partial charge in [-0.25, -0.2) is 8.99 Å². The Morgan fingerprint density at radius 3 is 2.50 bits per heavy atom. The molecule has 0 amide bonds. The summed E-state index contributed by atoms with van der Waals surface area (Å²) in [7, 11) is -1.30. The molecule has 0 aliphatic heterocycles. The highest BCUT2D eigenvalue weighted by Crippen LogP contribution is 1.80. The molecule has 5 heteroatoms. The van der Waals surface area contributed by atoms with Crippen molar-refractivity contribution in [1.29, 1.82) is 4.78 Å². The van der Waals surface area contributed by atoms with Crippen LogP contribution in [0.25, 0.3) is 0 Å². The van der Waals surface area contributed by atoms with Crippen molar-refractivity contribution >= 4 is 9.92 Å². The predicted molar refractivity (Wildman–Crippen MR) is 31.5 cm³/mol. The van der Waals surface area contributed by atoms with Crippen LogP contribution in [0.4, 0.5) is 0 Å². The molecule has 0 spiro atoms. The third-order valence-electron chi connectivity index (χ3n) is 0.624. The van der Waals surface area contributed by atoms with Crippen molar-refractivity contribution in [1.82, 2.24) is 4.89 Å². The smallest absolute Gasteiger partial charge is 0.127 e. The number of hydrogen-bond donors (Lipinski definition) is 2. The quantitative estimate of drug-likeness (QED) is 0.544. The molecule has 50 valence electrons. The van der Waals surface area contributed by atoms with Gasteiger partial charge in [0, 0.05) is 5.75 Å². The van der Waals surface area contributed by atoms with Crippen molar-refractivity contribution in [2.24, 2.45) is 0 Å². The molecule has 8 heavy (non-hydrogen) atoms. The van der Waals surface area contributed by atoms with Gasteiger partial charge in [-0.05, 0) is 0 Å². The molecule has 0 saturated carbocycles. The summed E-state index contributed by atoms with van der Waals surface area (Å²) in [5, 5.41) is 0. The van der Waals surface area contributed by atoms with Gasteiger partial charge in [0.1, 0.15) is 9.92 Å². The zero-order valence-electron chi connectivity index (χ0n) is 4.93. The van der Waals surface area contributed by atoms with Crippen LogP contribution in [-0.4, -0.2) is 17.1 Å². The van der Waals surface area contributed by atoms with Gasteiger partial charge < -0.3 is 0 Å². The second kappa shape index (κ2) is 3.01. The fraction of sp³-hybridized carbons (Fsp3) is 1.00. The summed E-state index contributed by atoms with van der Waals surface area (Å²) in [5.41, 5.74) is 0. The number of nitrogens with one attached hydrogen (secondary N) is 2. The first-order chi connectivity index (χ1) is 3.62. The standard InChI is InChI=1S/C3H10N2O2S/c1-3-8(4,6)5-7-2/h3H2,1-2H3,(H2,4,5,6). The highest BCUT2D eigenvalue weighted by Gasteiger charge is 1.96. The third-order valence-corrected chi connectivity index (χ3v) is 1.87. The van der Waals surface area contributed by atoms with E-state index in [1.165, 1.54) is 7.11 Å². The fourth-order valence-electron chi connectivity index (χ4n) is 0.194. The van der Waals surface area contributed by atoms with Crippen molar-refractivity contribution in [3.8, 4) is 0 Å². The Balaban J connectivity index is 3.76. The minimum Gasteiger partial charge on any atom is -0.292 e. The van der Waals surface area contributed by atoms with Gasteiger partial charge in [0.05, 0.1) is 7.11 Å². The Morgan fingerprint density at radius 2 is 2.38 bits per heavy atom. The van der Waals surface area contributed by atoms with Crippen molar-refractivity contribution < 1.29 is 9.05 Å². The summed E-state index contributed by atoms with van der Waals surface area (Å²) >= 11 is 0. The molecular formula is C3H10N2O2S. The Kier molecular flexibility index (Phi) is 2.96. The Hall–Kier alpha value is -0.130. The van der Waals surface area contributed by atoms with Gasteiger partial charge in [-0.3, -0.25) is 4.84 Å². The maximum atomic E-state index is 10.6. The van der Waals surface area contributed by atoms with Crippen LogP contribution in [0.3, 0.4) is 0 Å². The molecule has 0 rings (SSSR count). The van der Waals surface area contributed by atoms with Crippen molar-refractivity contribution in [2.75, 3.05) is 12.9 Å². The molecule has 0 bridgehead atoms. The topological polar surface area (TPSA) is 62.2 Å². The molecule has 0 aromatic carbocycles. The van der Waals surface area contributed by atoms with Crippen LogP contribution in [0.2, 0.25) is 0 Å². The molecule has 0 aromatic rings. The second-order valence-electron chi connectivity index (χ2n) is 1.25. The molecule has 0 heterocycles. The maximum absolute atomic E-state index is 10.6. The molecule has 0 saturated heterocycles. The molecule has 1 unspecified atom stereocenters.